The van der Waals surface area contributed by atoms with E-state index in [0.29, 0.717) is 5.69 Å². The topological polar surface area (TPSA) is 88.2 Å². The molecule has 0 aliphatic carbocycles. The zero-order valence-corrected chi connectivity index (χ0v) is 13.9. The Bertz CT molecular complexity index is 789. The Morgan fingerprint density at radius 2 is 1.91 bits per heavy atom. The van der Waals surface area contributed by atoms with Gasteiger partial charge < -0.3 is 5.32 Å². The van der Waals surface area contributed by atoms with Gasteiger partial charge in [-0.15, -0.1) is 0 Å². The van der Waals surface area contributed by atoms with Crippen molar-refractivity contribution in [2.45, 2.75) is 25.3 Å². The van der Waals surface area contributed by atoms with Crippen molar-refractivity contribution in [2.75, 3.05) is 6.54 Å². The van der Waals surface area contributed by atoms with Gasteiger partial charge in [0.05, 0.1) is 23.7 Å². The van der Waals surface area contributed by atoms with E-state index >= 15 is 0 Å². The summed E-state index contributed by atoms with van der Waals surface area (Å²) in [6.07, 6.45) is 1.63. The van der Waals surface area contributed by atoms with Crippen LogP contribution in [0.3, 0.4) is 0 Å². The average Bonchev–Trinajstić information content (AvgIpc) is 2.54. The number of nitrogens with zero attached hydrogens (tertiary/aromatic N) is 1. The third-order valence-corrected chi connectivity index (χ3v) is 4.80. The van der Waals surface area contributed by atoms with E-state index in [1.165, 1.54) is 6.07 Å². The molecule has 1 aromatic carbocycles. The van der Waals surface area contributed by atoms with E-state index in [4.69, 9.17) is 0 Å². The molecule has 2 rings (SSSR count). The Hall–Kier alpha value is -2.25. The Kier molecular flexibility index (Phi) is 5.46. The minimum atomic E-state index is -3.70. The van der Waals surface area contributed by atoms with Gasteiger partial charge in [-0.3, -0.25) is 9.78 Å². The molecule has 0 unspecified atom stereocenters. The molecule has 0 bridgehead atoms. The van der Waals surface area contributed by atoms with E-state index in [1.54, 1.807) is 30.5 Å². The summed E-state index contributed by atoms with van der Waals surface area (Å²) in [7, 11) is -3.70. The summed E-state index contributed by atoms with van der Waals surface area (Å²) in [6.45, 7) is 3.69. The van der Waals surface area contributed by atoms with E-state index in [-0.39, 0.29) is 18.0 Å². The normalized spacial score (nSPS) is 11.2. The maximum absolute atomic E-state index is 12.2. The zero-order chi connectivity index (χ0) is 16.9. The summed E-state index contributed by atoms with van der Waals surface area (Å²) in [5.74, 6) is -0.414. The number of nitrogens with one attached hydrogen (secondary N) is 2. The molecule has 0 atom stereocenters. The second-order valence-corrected chi connectivity index (χ2v) is 6.94. The largest absolute Gasteiger partial charge is 0.349 e. The lowest BCUT2D eigenvalue weighted by molar-refractivity contribution is -0.120. The van der Waals surface area contributed by atoms with E-state index in [0.717, 1.165) is 11.1 Å². The van der Waals surface area contributed by atoms with Gasteiger partial charge in [-0.2, -0.15) is 0 Å². The van der Waals surface area contributed by atoms with Crippen LogP contribution >= 0.6 is 0 Å². The highest BCUT2D eigenvalue weighted by molar-refractivity contribution is 7.89. The summed E-state index contributed by atoms with van der Waals surface area (Å²) in [5.41, 5.74) is 2.60. The Morgan fingerprint density at radius 1 is 1.13 bits per heavy atom. The molecule has 0 aliphatic rings. The van der Waals surface area contributed by atoms with E-state index < -0.39 is 15.9 Å². The van der Waals surface area contributed by atoms with Gasteiger partial charge in [-0.05, 0) is 49.2 Å². The van der Waals surface area contributed by atoms with Crippen molar-refractivity contribution in [1.29, 1.82) is 0 Å². The molecular weight excluding hydrogens is 314 g/mol. The molecule has 2 N–H and O–H groups in total. The molecule has 1 amide bonds. The van der Waals surface area contributed by atoms with Gasteiger partial charge >= 0.3 is 0 Å². The third kappa shape index (κ3) is 4.87. The standard InChI is InChI=1S/C16H19N3O3S/c1-12-6-7-15(9-13(12)2)23(21,22)19-11-16(20)18-10-14-5-3-4-8-17-14/h3-9,19H,10-11H2,1-2H3,(H,18,20). The maximum atomic E-state index is 12.2. The molecule has 1 aromatic heterocycles. The highest BCUT2D eigenvalue weighted by Gasteiger charge is 2.16. The lowest BCUT2D eigenvalue weighted by atomic mass is 10.1. The number of hydrogen-bond donors (Lipinski definition) is 2. The van der Waals surface area contributed by atoms with Crippen LogP contribution < -0.4 is 10.0 Å². The lowest BCUT2D eigenvalue weighted by Crippen LogP contribution is -2.36. The van der Waals surface area contributed by atoms with Crippen LogP contribution in [0.2, 0.25) is 0 Å². The quantitative estimate of drug-likeness (QED) is 0.834. The van der Waals surface area contributed by atoms with Crippen LogP contribution in [0, 0.1) is 13.8 Å². The van der Waals surface area contributed by atoms with E-state index in [1.807, 2.05) is 19.9 Å². The minimum Gasteiger partial charge on any atom is -0.349 e. The van der Waals surface area contributed by atoms with Crippen LogP contribution in [0.1, 0.15) is 16.8 Å². The Morgan fingerprint density at radius 3 is 2.57 bits per heavy atom. The summed E-state index contributed by atoms with van der Waals surface area (Å²) < 4.78 is 26.6. The second-order valence-electron chi connectivity index (χ2n) is 5.17. The van der Waals surface area contributed by atoms with Crippen LogP contribution in [0.25, 0.3) is 0 Å². The van der Waals surface area contributed by atoms with Crippen LogP contribution in [0.4, 0.5) is 0 Å². The number of sulfonamides is 1. The second kappa shape index (κ2) is 7.34. The van der Waals surface area contributed by atoms with Gasteiger partial charge in [-0.1, -0.05) is 12.1 Å². The highest BCUT2D eigenvalue weighted by atomic mass is 32.2. The van der Waals surface area contributed by atoms with Crippen molar-refractivity contribution >= 4 is 15.9 Å². The molecule has 0 radical (unpaired) electrons. The van der Waals surface area contributed by atoms with Crippen molar-refractivity contribution in [2.24, 2.45) is 0 Å². The number of benzene rings is 1. The number of carbonyl (C=O) groups is 1. The molecule has 0 saturated heterocycles. The van der Waals surface area contributed by atoms with E-state index in [9.17, 15) is 13.2 Å². The van der Waals surface area contributed by atoms with Gasteiger partial charge in [0.2, 0.25) is 15.9 Å². The number of carbonyl (C=O) groups excluding carboxylic acids is 1. The molecular formula is C16H19N3O3S. The molecule has 0 saturated carbocycles. The predicted molar refractivity (Wildman–Crippen MR) is 87.2 cm³/mol. The first kappa shape index (κ1) is 17.1. The predicted octanol–water partition coefficient (Wildman–Crippen LogP) is 1.29. The van der Waals surface area contributed by atoms with Crippen molar-refractivity contribution < 1.29 is 13.2 Å². The molecule has 23 heavy (non-hydrogen) atoms. The SMILES string of the molecule is Cc1ccc(S(=O)(=O)NCC(=O)NCc2ccccn2)cc1C. The highest BCUT2D eigenvalue weighted by Crippen LogP contribution is 2.14. The molecule has 1 heterocycles. The molecule has 0 aliphatic heterocycles. The van der Waals surface area contributed by atoms with Gasteiger partial charge in [0.1, 0.15) is 0 Å². The molecule has 2 aromatic rings. The van der Waals surface area contributed by atoms with Crippen LogP contribution in [-0.2, 0) is 21.4 Å². The average molecular weight is 333 g/mol. The third-order valence-electron chi connectivity index (χ3n) is 3.40. The number of rotatable bonds is 6. The number of hydrogen-bond acceptors (Lipinski definition) is 4. The van der Waals surface area contributed by atoms with E-state index in [2.05, 4.69) is 15.0 Å². The van der Waals surface area contributed by atoms with Crippen molar-refractivity contribution in [1.82, 2.24) is 15.0 Å². The lowest BCUT2D eigenvalue weighted by Gasteiger charge is -2.09. The van der Waals surface area contributed by atoms with Crippen LogP contribution in [0.15, 0.2) is 47.5 Å². The first-order valence-electron chi connectivity index (χ1n) is 7.12. The zero-order valence-electron chi connectivity index (χ0n) is 13.0. The van der Waals surface area contributed by atoms with Gasteiger partial charge in [0.25, 0.3) is 0 Å². The fourth-order valence-electron chi connectivity index (χ4n) is 1.88. The van der Waals surface area contributed by atoms with Gasteiger partial charge in [0, 0.05) is 6.20 Å². The first-order valence-corrected chi connectivity index (χ1v) is 8.60. The monoisotopic (exact) mass is 333 g/mol. The fourth-order valence-corrected chi connectivity index (χ4v) is 2.95. The minimum absolute atomic E-state index is 0.151. The Balaban J connectivity index is 1.91. The Labute approximate surface area is 136 Å². The van der Waals surface area contributed by atoms with Crippen LogP contribution in [0.5, 0.6) is 0 Å². The summed E-state index contributed by atoms with van der Waals surface area (Å²) in [6, 6.07) is 10.2. The van der Waals surface area contributed by atoms with Gasteiger partial charge in [-0.25, -0.2) is 13.1 Å². The number of aryl methyl sites for hydroxylation is 2. The number of aromatic nitrogens is 1. The summed E-state index contributed by atoms with van der Waals surface area (Å²) in [5, 5.41) is 2.62. The molecule has 7 heteroatoms. The number of pyridine rings is 1. The van der Waals surface area contributed by atoms with Crippen molar-refractivity contribution in [3.63, 3.8) is 0 Å². The molecule has 0 fully saturated rings. The maximum Gasteiger partial charge on any atom is 0.241 e. The molecule has 0 spiro atoms. The molecule has 6 nitrogen and oxygen atoms in total. The fraction of sp³-hybridized carbons (Fsp3) is 0.250. The first-order chi connectivity index (χ1) is 10.9. The van der Waals surface area contributed by atoms with Gasteiger partial charge in [0.15, 0.2) is 0 Å². The number of amides is 1. The molecule has 122 valence electrons. The van der Waals surface area contributed by atoms with Crippen molar-refractivity contribution in [3.05, 3.63) is 59.4 Å². The van der Waals surface area contributed by atoms with Crippen LogP contribution in [-0.4, -0.2) is 25.9 Å². The van der Waals surface area contributed by atoms with Crippen molar-refractivity contribution in [3.8, 4) is 0 Å². The summed E-state index contributed by atoms with van der Waals surface area (Å²) in [4.78, 5) is 16.0. The smallest absolute Gasteiger partial charge is 0.241 e. The summed E-state index contributed by atoms with van der Waals surface area (Å²) >= 11 is 0.